The van der Waals surface area contributed by atoms with Gasteiger partial charge in [0.2, 0.25) is 0 Å². The number of methoxy groups -OCH3 is 1. The predicted octanol–water partition coefficient (Wildman–Crippen LogP) is 10.8. The second-order valence-electron chi connectivity index (χ2n) is 16.1. The van der Waals surface area contributed by atoms with Gasteiger partial charge >= 0.3 is 332 Å². The molecule has 3 atom stereocenters. The normalized spacial score (nSPS) is 17.8. The fourth-order valence-electron chi connectivity index (χ4n) is 9.33. The van der Waals surface area contributed by atoms with E-state index in [0.29, 0.717) is 66.8 Å². The summed E-state index contributed by atoms with van der Waals surface area (Å²) < 4.78 is 65.9. The standard InChI is InChI=1S/C35H72O5Si3.4CO.Cr/c1-23(2)41(24(3)4,25(5)6)37-22-34-35(40-43(29(13)14,30(15)16)31(17)18)33(20-32(38-34)21-36-19)39-42(26(7)8,27(9)10)28(11)12;4*1-2;/h20,23-31,33-35H,22H2,1-19H3;;;;;/t33-,34-,35+;;;;;/m1...../s1. The van der Waals surface area contributed by atoms with E-state index in [0.717, 1.165) is 0 Å². The van der Waals surface area contributed by atoms with Crippen molar-refractivity contribution >= 4 is 29.5 Å². The van der Waals surface area contributed by atoms with Crippen molar-refractivity contribution in [3.63, 3.8) is 0 Å². The summed E-state index contributed by atoms with van der Waals surface area (Å²) in [6, 6.07) is 0. The third-order valence-electron chi connectivity index (χ3n) is 11.0. The molecular weight excluding hydrogens is 749 g/mol. The molecule has 0 saturated heterocycles. The quantitative estimate of drug-likeness (QED) is 0.0773. The van der Waals surface area contributed by atoms with Gasteiger partial charge < -0.3 is 0 Å². The van der Waals surface area contributed by atoms with Crippen LogP contribution in [-0.4, -0.2) is 61.5 Å². The van der Waals surface area contributed by atoms with Crippen molar-refractivity contribution in [1.82, 2.24) is 0 Å². The van der Waals surface area contributed by atoms with Crippen LogP contribution in [0.25, 0.3) is 0 Å². The molecule has 0 N–H and O–H groups in total. The van der Waals surface area contributed by atoms with E-state index < -0.39 is 25.0 Å². The Kier molecular flexibility index (Phi) is 31.2. The number of ether oxygens (including phenoxy) is 2. The van der Waals surface area contributed by atoms with E-state index in [1.54, 1.807) is 7.11 Å². The van der Waals surface area contributed by atoms with E-state index in [9.17, 15) is 0 Å². The zero-order valence-corrected chi connectivity index (χ0v) is 40.1. The fraction of sp³-hybridized carbons (Fsp3) is 0.821. The molecule has 1 aliphatic rings. The maximum atomic E-state index is 7.72. The van der Waals surface area contributed by atoms with Gasteiger partial charge in [0, 0.05) is 0 Å². The summed E-state index contributed by atoms with van der Waals surface area (Å²) in [5.41, 5.74) is 4.09. The van der Waals surface area contributed by atoms with E-state index in [-0.39, 0.29) is 18.3 Å². The van der Waals surface area contributed by atoms with Crippen molar-refractivity contribution in [2.75, 3.05) is 13.7 Å². The molecule has 300 valence electrons. The van der Waals surface area contributed by atoms with Gasteiger partial charge in [-0.1, -0.05) is 0 Å². The Bertz CT molecular complexity index is 1020. The van der Waals surface area contributed by atoms with Crippen molar-refractivity contribution in [2.45, 2.75) is 193 Å². The van der Waals surface area contributed by atoms with Crippen LogP contribution in [0.3, 0.4) is 0 Å². The molecule has 0 aromatic carbocycles. The molecule has 9 nitrogen and oxygen atoms in total. The summed E-state index contributed by atoms with van der Waals surface area (Å²) in [5.74, 6) is 0.710. The van der Waals surface area contributed by atoms with Gasteiger partial charge in [0.05, 0.1) is 0 Å². The second kappa shape index (κ2) is 27.9. The van der Waals surface area contributed by atoms with Crippen molar-refractivity contribution in [3.8, 4) is 0 Å². The van der Waals surface area contributed by atoms with Crippen LogP contribution in [0.2, 0.25) is 49.9 Å². The molecule has 0 saturated carbocycles. The van der Waals surface area contributed by atoms with Crippen molar-refractivity contribution in [3.05, 3.63) is 38.4 Å². The zero-order valence-electron chi connectivity index (χ0n) is 35.8. The van der Waals surface area contributed by atoms with Crippen molar-refractivity contribution in [1.29, 1.82) is 0 Å². The summed E-state index contributed by atoms with van der Waals surface area (Å²) in [5, 5.41) is 0. The van der Waals surface area contributed by atoms with Crippen molar-refractivity contribution < 1.29 is 57.2 Å². The Hall–Kier alpha value is -0.607. The maximum absolute atomic E-state index is 7.72. The van der Waals surface area contributed by atoms with E-state index in [2.05, 4.69) is 173 Å². The molecule has 1 aliphatic heterocycles. The first kappa shape index (κ1) is 58.1. The van der Waals surface area contributed by atoms with Gasteiger partial charge in [-0.25, -0.2) is 0 Å². The minimum absolute atomic E-state index is 0.263. The van der Waals surface area contributed by atoms with Crippen molar-refractivity contribution in [2.24, 2.45) is 0 Å². The van der Waals surface area contributed by atoms with Gasteiger partial charge in [-0.2, -0.15) is 0 Å². The summed E-state index contributed by atoms with van der Waals surface area (Å²) in [7, 11) is -5.08. The van der Waals surface area contributed by atoms with Gasteiger partial charge in [-0.3, -0.25) is 0 Å². The molecule has 0 spiro atoms. The first-order valence-corrected chi connectivity index (χ1v) is 25.4. The van der Waals surface area contributed by atoms with Gasteiger partial charge in [-0.15, -0.1) is 0 Å². The third kappa shape index (κ3) is 13.8. The molecule has 0 aliphatic carbocycles. The van der Waals surface area contributed by atoms with Crippen LogP contribution in [0.5, 0.6) is 0 Å². The van der Waals surface area contributed by atoms with E-state index in [4.69, 9.17) is 41.4 Å². The van der Waals surface area contributed by atoms with Crippen LogP contribution in [0, 0.1) is 26.6 Å². The summed E-state index contributed by atoms with van der Waals surface area (Å²) >= 11 is 3.11. The molecule has 1 rings (SSSR count). The number of hydrogen-bond donors (Lipinski definition) is 0. The average molecular weight is 821 g/mol. The first-order chi connectivity index (χ1) is 24.1. The Labute approximate surface area is 330 Å². The number of rotatable bonds is 18. The van der Waals surface area contributed by atoms with E-state index in [1.165, 1.54) is 0 Å². The van der Waals surface area contributed by atoms with Crippen LogP contribution < -0.4 is 0 Å². The molecule has 1 heterocycles. The minimum atomic E-state index is -2.32. The van der Waals surface area contributed by atoms with Gasteiger partial charge in [-0.05, 0) is 0 Å². The van der Waals surface area contributed by atoms with Crippen LogP contribution in [0.1, 0.15) is 125 Å². The molecular formula is C39H72CrO9Si3. The molecule has 0 aromatic heterocycles. The monoisotopic (exact) mass is 820 g/mol. The average Bonchev–Trinajstić information content (AvgIpc) is 3.08. The Morgan fingerprint density at radius 2 is 0.865 bits per heavy atom. The second-order valence-corrected chi connectivity index (χ2v) is 33.0. The fourth-order valence-corrected chi connectivity index (χ4v) is 26.0. The molecule has 0 fully saturated rings. The van der Waals surface area contributed by atoms with Crippen LogP contribution in [-0.2, 0) is 57.2 Å². The van der Waals surface area contributed by atoms with Crippen LogP contribution >= 0.6 is 0 Å². The first-order valence-electron chi connectivity index (χ1n) is 18.4. The number of hydrogen-bond acceptors (Lipinski definition) is 5. The molecule has 0 bridgehead atoms. The molecule has 0 aromatic rings. The SMILES string of the molecule is CO[C](=[Cr])C1=C[C@@H](O[Si](C(C)C)(C(C)C)C(C)C)[C@H](O[Si](C(C)C)(C(C)C)C(C)C)[C@@H](CO[Si](C(C)C)(C(C)C)C(C)C)O1.[C-]#[O+].[C-]#[O+].[C-]#[O+].[C-]#[O+]. The molecule has 0 unspecified atom stereocenters. The summed E-state index contributed by atoms with van der Waals surface area (Å²) in [4.78, 5) is 0. The summed E-state index contributed by atoms with van der Waals surface area (Å²) in [6.07, 6.45) is 1.30. The predicted molar refractivity (Wildman–Crippen MR) is 210 cm³/mol. The van der Waals surface area contributed by atoms with E-state index >= 15 is 0 Å². The van der Waals surface area contributed by atoms with Crippen LogP contribution in [0.15, 0.2) is 11.8 Å². The van der Waals surface area contributed by atoms with Gasteiger partial charge in [0.1, 0.15) is 0 Å². The summed E-state index contributed by atoms with van der Waals surface area (Å²) in [6.45, 7) is 60.9. The molecule has 52 heavy (non-hydrogen) atoms. The topological polar surface area (TPSA) is 126 Å². The van der Waals surface area contributed by atoms with Gasteiger partial charge in [0.15, 0.2) is 0 Å². The Morgan fingerprint density at radius 1 is 0.577 bits per heavy atom. The van der Waals surface area contributed by atoms with Crippen LogP contribution in [0.4, 0.5) is 0 Å². The third-order valence-corrected chi connectivity index (χ3v) is 29.8. The molecule has 0 radical (unpaired) electrons. The zero-order chi connectivity index (χ0) is 42.5. The van der Waals surface area contributed by atoms with E-state index in [1.807, 2.05) is 0 Å². The Morgan fingerprint density at radius 3 is 1.13 bits per heavy atom. The molecule has 13 heteroatoms. The molecule has 0 amide bonds. The Balaban J connectivity index is -0.00000134. The van der Waals surface area contributed by atoms with Gasteiger partial charge in [0.25, 0.3) is 0 Å².